The number of hydrogen-bond acceptors (Lipinski definition) is 10. The Hall–Kier alpha value is -2.21. The molecule has 0 aliphatic carbocycles. The molecule has 1 fully saturated rings. The molecule has 4 N–H and O–H groups in total. The van der Waals surface area contributed by atoms with Crippen LogP contribution in [0.4, 0.5) is 0 Å². The Morgan fingerprint density at radius 2 is 1.50 bits per heavy atom. The van der Waals surface area contributed by atoms with Gasteiger partial charge in [-0.3, -0.25) is 19.2 Å². The molecule has 0 aromatic carbocycles. The smallest absolute Gasteiger partial charge is 0.248 e. The Morgan fingerprint density at radius 3 is 1.77 bits per heavy atom. The molecule has 1 rings (SSSR count). The van der Waals surface area contributed by atoms with Gasteiger partial charge in [0.15, 0.2) is 34.3 Å². The molecule has 12 nitrogen and oxygen atoms in total. The number of ketones is 4. The van der Waals surface area contributed by atoms with Gasteiger partial charge in [0.25, 0.3) is 0 Å². The van der Waals surface area contributed by atoms with Crippen molar-refractivity contribution >= 4 is 23.1 Å². The largest absolute Gasteiger partial charge is 0.394 e. The van der Waals surface area contributed by atoms with Gasteiger partial charge < -0.3 is 25.2 Å². The molecule has 0 spiro atoms. The molecule has 0 aromatic rings. The van der Waals surface area contributed by atoms with Gasteiger partial charge in [0.05, 0.1) is 6.61 Å². The molecule has 0 saturated carbocycles. The molecule has 144 valence electrons. The second kappa shape index (κ2) is 6.50. The molecule has 5 atom stereocenters. The molecule has 0 bridgehead atoms. The zero-order valence-corrected chi connectivity index (χ0v) is 14.5. The van der Waals surface area contributed by atoms with E-state index >= 15 is 0 Å². The van der Waals surface area contributed by atoms with Crippen LogP contribution in [0.15, 0.2) is 5.11 Å². The maximum atomic E-state index is 12.4. The molecule has 0 aromatic heterocycles. The van der Waals surface area contributed by atoms with E-state index in [0.29, 0.717) is 27.7 Å². The molecule has 1 aliphatic rings. The minimum atomic E-state index is -3.63. The Balaban J connectivity index is 4.28. The van der Waals surface area contributed by atoms with Gasteiger partial charge in [-0.25, -0.2) is 0 Å². The number of ether oxygens (including phenoxy) is 1. The van der Waals surface area contributed by atoms with E-state index < -0.39 is 58.4 Å². The van der Waals surface area contributed by atoms with E-state index in [-0.39, 0.29) is 0 Å². The van der Waals surface area contributed by atoms with Gasteiger partial charge in [-0.05, 0) is 26.3 Å². The number of nitrogens with zero attached hydrogens (tertiary/aromatic N) is 3. The summed E-state index contributed by atoms with van der Waals surface area (Å²) in [5.41, 5.74) is -1.52. The Labute approximate surface area is 147 Å². The van der Waals surface area contributed by atoms with Gasteiger partial charge in [-0.2, -0.15) is 0 Å². The van der Waals surface area contributed by atoms with Gasteiger partial charge >= 0.3 is 0 Å². The molecular formula is C14H19N3O9. The van der Waals surface area contributed by atoms with Crippen LogP contribution in [-0.4, -0.2) is 78.8 Å². The average Bonchev–Trinajstić information content (AvgIpc) is 2.53. The van der Waals surface area contributed by atoms with Crippen LogP contribution in [0.25, 0.3) is 10.4 Å². The summed E-state index contributed by atoms with van der Waals surface area (Å²) in [5.74, 6) is -9.12. The third-order valence-electron chi connectivity index (χ3n) is 4.74. The average molecular weight is 373 g/mol. The fraction of sp³-hybridized carbons (Fsp3) is 0.714. The summed E-state index contributed by atoms with van der Waals surface area (Å²) in [5, 5.41) is 45.2. The number of aliphatic hydroxyl groups excluding tert-OH is 1. The number of hydrogen-bond donors (Lipinski definition) is 4. The van der Waals surface area contributed by atoms with Crippen LogP contribution in [0, 0.1) is 0 Å². The van der Waals surface area contributed by atoms with Gasteiger partial charge in [0.1, 0.15) is 6.10 Å². The highest BCUT2D eigenvalue weighted by atomic mass is 16.7. The van der Waals surface area contributed by atoms with Gasteiger partial charge in [-0.1, -0.05) is 5.11 Å². The number of azide groups is 1. The lowest BCUT2D eigenvalue weighted by Crippen LogP contribution is -2.89. The first-order valence-electron chi connectivity index (χ1n) is 7.31. The summed E-state index contributed by atoms with van der Waals surface area (Å²) in [4.78, 5) is 51.3. The van der Waals surface area contributed by atoms with E-state index in [4.69, 9.17) is 10.3 Å². The zero-order chi connectivity index (χ0) is 20.7. The predicted octanol–water partition coefficient (Wildman–Crippen LogP) is -2.07. The first-order valence-corrected chi connectivity index (χ1v) is 7.31. The normalized spacial score (nSPS) is 39.6. The van der Waals surface area contributed by atoms with Crippen LogP contribution in [-0.2, 0) is 23.9 Å². The monoisotopic (exact) mass is 373 g/mol. The quantitative estimate of drug-likeness (QED) is 0.229. The SMILES string of the molecule is CC(=O)C1(O)O[C@H](CO)[C@](O)(C(C)=O)[C@@](O)(C(C)=O)[C@]1(N=[N+]=[N-])C(C)=O. The second-order valence-electron chi connectivity index (χ2n) is 6.03. The van der Waals surface area contributed by atoms with Crippen molar-refractivity contribution in [3.8, 4) is 0 Å². The zero-order valence-electron chi connectivity index (χ0n) is 14.5. The Morgan fingerprint density at radius 1 is 1.00 bits per heavy atom. The lowest BCUT2D eigenvalue weighted by molar-refractivity contribution is -0.352. The maximum Gasteiger partial charge on any atom is 0.248 e. The number of carbonyl (C=O) groups is 4. The first kappa shape index (κ1) is 21.8. The van der Waals surface area contributed by atoms with Gasteiger partial charge in [-0.15, -0.1) is 0 Å². The van der Waals surface area contributed by atoms with Crippen LogP contribution in [0.5, 0.6) is 0 Å². The highest BCUT2D eigenvalue weighted by Gasteiger charge is 2.83. The standard InChI is InChI=1S/C14H19N3O9/c1-6(19)11(23)10(5-18)26-14(25,9(4)22)12(7(2)20,16-17-15)13(11,24)8(3)21/h10,18,23-25H,5H2,1-4H3/t10-,11-,12-,13+,14?/m1/s1. The predicted molar refractivity (Wildman–Crippen MR) is 81.4 cm³/mol. The molecule has 1 aliphatic heterocycles. The summed E-state index contributed by atoms with van der Waals surface area (Å²) >= 11 is 0. The number of Topliss-reactive ketones (excluding diaryl/α,β-unsaturated/α-hetero) is 4. The van der Waals surface area contributed by atoms with Crippen molar-refractivity contribution in [2.24, 2.45) is 5.11 Å². The van der Waals surface area contributed by atoms with Crippen molar-refractivity contribution in [2.45, 2.75) is 56.3 Å². The molecule has 1 heterocycles. The summed E-state index contributed by atoms with van der Waals surface area (Å²) in [6.45, 7) is 1.45. The second-order valence-corrected chi connectivity index (χ2v) is 6.03. The van der Waals surface area contributed by atoms with E-state index in [9.17, 15) is 39.6 Å². The van der Waals surface area contributed by atoms with Crippen molar-refractivity contribution in [2.75, 3.05) is 6.61 Å². The van der Waals surface area contributed by atoms with Crippen molar-refractivity contribution in [3.05, 3.63) is 10.4 Å². The highest BCUT2D eigenvalue weighted by molar-refractivity contribution is 6.09. The molecule has 1 unspecified atom stereocenters. The van der Waals surface area contributed by atoms with Gasteiger partial charge in [0.2, 0.25) is 11.3 Å². The van der Waals surface area contributed by atoms with E-state index in [1.54, 1.807) is 0 Å². The number of aliphatic hydroxyl groups is 4. The van der Waals surface area contributed by atoms with Crippen LogP contribution < -0.4 is 0 Å². The van der Waals surface area contributed by atoms with Gasteiger partial charge in [0, 0.05) is 11.8 Å². The molecule has 0 amide bonds. The highest BCUT2D eigenvalue weighted by Crippen LogP contribution is 2.52. The van der Waals surface area contributed by atoms with Crippen molar-refractivity contribution in [1.82, 2.24) is 0 Å². The lowest BCUT2D eigenvalue weighted by Gasteiger charge is -2.60. The van der Waals surface area contributed by atoms with E-state index in [1.807, 2.05) is 0 Å². The molecule has 1 saturated heterocycles. The van der Waals surface area contributed by atoms with Crippen molar-refractivity contribution in [1.29, 1.82) is 0 Å². The topological polar surface area (TPSA) is 207 Å². The third-order valence-corrected chi connectivity index (χ3v) is 4.74. The van der Waals surface area contributed by atoms with Crippen LogP contribution >= 0.6 is 0 Å². The Kier molecular flexibility index (Phi) is 5.46. The fourth-order valence-corrected chi connectivity index (χ4v) is 3.41. The maximum absolute atomic E-state index is 12.4. The van der Waals surface area contributed by atoms with E-state index in [2.05, 4.69) is 10.0 Å². The first-order chi connectivity index (χ1) is 11.7. The van der Waals surface area contributed by atoms with Crippen molar-refractivity contribution < 1.29 is 44.3 Å². The van der Waals surface area contributed by atoms with Crippen molar-refractivity contribution in [3.63, 3.8) is 0 Å². The summed E-state index contributed by atoms with van der Waals surface area (Å²) < 4.78 is 4.92. The van der Waals surface area contributed by atoms with Crippen LogP contribution in [0.1, 0.15) is 27.7 Å². The van der Waals surface area contributed by atoms with Crippen LogP contribution in [0.2, 0.25) is 0 Å². The minimum Gasteiger partial charge on any atom is -0.394 e. The van der Waals surface area contributed by atoms with Crippen LogP contribution in [0.3, 0.4) is 0 Å². The van der Waals surface area contributed by atoms with E-state index in [0.717, 1.165) is 0 Å². The minimum absolute atomic E-state index is 0.638. The summed E-state index contributed by atoms with van der Waals surface area (Å²) in [6, 6.07) is 0. The molecule has 0 radical (unpaired) electrons. The molecular weight excluding hydrogens is 354 g/mol. The third kappa shape index (κ3) is 2.18. The molecule has 26 heavy (non-hydrogen) atoms. The number of rotatable bonds is 6. The van der Waals surface area contributed by atoms with E-state index in [1.165, 1.54) is 0 Å². The Bertz CT molecular complexity index is 729. The summed E-state index contributed by atoms with van der Waals surface area (Å²) in [6.07, 6.45) is -2.20. The molecule has 12 heteroatoms. The number of carbonyl (C=O) groups excluding carboxylic acids is 4. The fourth-order valence-electron chi connectivity index (χ4n) is 3.41. The lowest BCUT2D eigenvalue weighted by atomic mass is 9.56. The summed E-state index contributed by atoms with van der Waals surface area (Å²) in [7, 11) is 0.